The minimum Gasteiger partial charge on any atom is -0.319 e. The molecule has 2 aromatic carbocycles. The smallest absolute Gasteiger partial charge is 0.319 e. The van der Waals surface area contributed by atoms with Crippen LogP contribution in [-0.4, -0.2) is 16.8 Å². The fourth-order valence-electron chi connectivity index (χ4n) is 3.89. The predicted octanol–water partition coefficient (Wildman–Crippen LogP) is 2.84. The molecule has 25 heavy (non-hydrogen) atoms. The van der Waals surface area contributed by atoms with Crippen molar-refractivity contribution in [2.24, 2.45) is 0 Å². The average Bonchev–Trinajstić information content (AvgIpc) is 2.87. The third-order valence-corrected chi connectivity index (χ3v) is 5.12. The van der Waals surface area contributed by atoms with Gasteiger partial charge in [0, 0.05) is 0 Å². The first-order valence-corrected chi connectivity index (χ1v) is 8.36. The Morgan fingerprint density at radius 3 is 2.72 bits per heavy atom. The number of nitrogens with zero attached hydrogens (tertiary/aromatic N) is 2. The van der Waals surface area contributed by atoms with Crippen LogP contribution in [0, 0.1) is 11.3 Å². The van der Waals surface area contributed by atoms with Gasteiger partial charge in [0.05, 0.1) is 18.2 Å². The van der Waals surface area contributed by atoms with Gasteiger partial charge in [-0.25, -0.2) is 4.79 Å². The number of nitrogens with one attached hydrogen (secondary N) is 1. The number of carbonyl (C=O) groups excluding carboxylic acids is 2. The van der Waals surface area contributed by atoms with Gasteiger partial charge in [-0.2, -0.15) is 5.26 Å². The molecular weight excluding hydrogens is 314 g/mol. The van der Waals surface area contributed by atoms with Crippen molar-refractivity contribution in [3.8, 4) is 6.07 Å². The summed E-state index contributed by atoms with van der Waals surface area (Å²) in [6.07, 6.45) is 2.37. The Kier molecular flexibility index (Phi) is 3.54. The summed E-state index contributed by atoms with van der Waals surface area (Å²) in [6.45, 7) is 0.109. The zero-order valence-corrected chi connectivity index (χ0v) is 13.7. The minimum absolute atomic E-state index is 0.109. The summed E-state index contributed by atoms with van der Waals surface area (Å²) < 4.78 is 0. The lowest BCUT2D eigenvalue weighted by Crippen LogP contribution is -2.46. The lowest BCUT2D eigenvalue weighted by molar-refractivity contribution is -0.132. The van der Waals surface area contributed by atoms with E-state index in [9.17, 15) is 14.9 Å². The van der Waals surface area contributed by atoms with Crippen molar-refractivity contribution >= 4 is 11.9 Å². The van der Waals surface area contributed by atoms with Gasteiger partial charge in [-0.3, -0.25) is 9.69 Å². The Morgan fingerprint density at radius 2 is 1.88 bits per heavy atom. The van der Waals surface area contributed by atoms with Crippen LogP contribution in [0.15, 0.2) is 48.5 Å². The molecule has 1 atom stereocenters. The average molecular weight is 331 g/mol. The molecule has 1 fully saturated rings. The molecule has 3 amide bonds. The molecule has 0 bridgehead atoms. The molecule has 4 rings (SSSR count). The van der Waals surface area contributed by atoms with Crippen LogP contribution in [0.2, 0.25) is 0 Å². The standard InChI is InChI=1S/C20H17N3O2/c21-12-15-7-1-2-8-16(15)13-23-18(24)20(22-19(23)25)11-5-9-14-6-3-4-10-17(14)20/h1-4,6-8,10H,5,9,11,13H2,(H,22,25)/t20-/m0/s1. The monoisotopic (exact) mass is 331 g/mol. The molecule has 1 heterocycles. The molecule has 1 spiro atoms. The molecule has 0 unspecified atom stereocenters. The highest BCUT2D eigenvalue weighted by atomic mass is 16.2. The van der Waals surface area contributed by atoms with Crippen molar-refractivity contribution in [1.82, 2.24) is 10.2 Å². The maximum atomic E-state index is 13.2. The summed E-state index contributed by atoms with van der Waals surface area (Å²) in [5, 5.41) is 12.2. The molecule has 5 nitrogen and oxygen atoms in total. The highest BCUT2D eigenvalue weighted by Gasteiger charge is 2.53. The number of rotatable bonds is 2. The van der Waals surface area contributed by atoms with Crippen LogP contribution < -0.4 is 5.32 Å². The second-order valence-corrected chi connectivity index (χ2v) is 6.51. The normalized spacial score (nSPS) is 21.8. The summed E-state index contributed by atoms with van der Waals surface area (Å²) in [7, 11) is 0. The van der Waals surface area contributed by atoms with E-state index in [1.165, 1.54) is 4.90 Å². The summed E-state index contributed by atoms with van der Waals surface area (Å²) in [5.41, 5.74) is 2.20. The molecule has 2 aromatic rings. The third-order valence-electron chi connectivity index (χ3n) is 5.12. The number of hydrogen-bond donors (Lipinski definition) is 1. The molecule has 124 valence electrons. The topological polar surface area (TPSA) is 73.2 Å². The zero-order valence-electron chi connectivity index (χ0n) is 13.7. The van der Waals surface area contributed by atoms with E-state index in [2.05, 4.69) is 11.4 Å². The Labute approximate surface area is 145 Å². The molecule has 0 radical (unpaired) electrons. The number of hydrogen-bond acceptors (Lipinski definition) is 3. The van der Waals surface area contributed by atoms with E-state index in [0.717, 1.165) is 24.0 Å². The van der Waals surface area contributed by atoms with Crippen LogP contribution >= 0.6 is 0 Å². The zero-order chi connectivity index (χ0) is 17.4. The number of fused-ring (bicyclic) bond motifs is 2. The Balaban J connectivity index is 1.72. The highest BCUT2D eigenvalue weighted by Crippen LogP contribution is 2.40. The van der Waals surface area contributed by atoms with Crippen LogP contribution in [-0.2, 0) is 23.3 Å². The van der Waals surface area contributed by atoms with Crippen LogP contribution in [0.4, 0.5) is 4.79 Å². The summed E-state index contributed by atoms with van der Waals surface area (Å²) in [6, 6.07) is 16.6. The maximum Gasteiger partial charge on any atom is 0.325 e. The van der Waals surface area contributed by atoms with Gasteiger partial charge in [-0.1, -0.05) is 42.5 Å². The number of urea groups is 1. The van der Waals surface area contributed by atoms with Gasteiger partial charge in [-0.05, 0) is 42.0 Å². The fraction of sp³-hybridized carbons (Fsp3) is 0.250. The van der Waals surface area contributed by atoms with Crippen molar-refractivity contribution in [3.63, 3.8) is 0 Å². The number of nitriles is 1. The van der Waals surface area contributed by atoms with Crippen LogP contribution in [0.25, 0.3) is 0 Å². The molecule has 2 aliphatic rings. The van der Waals surface area contributed by atoms with E-state index < -0.39 is 11.6 Å². The van der Waals surface area contributed by atoms with E-state index in [1.54, 1.807) is 24.3 Å². The molecular formula is C20H17N3O2. The number of carbonyl (C=O) groups is 2. The Morgan fingerprint density at radius 1 is 1.12 bits per heavy atom. The van der Waals surface area contributed by atoms with E-state index in [4.69, 9.17) is 0 Å². The molecule has 1 aliphatic carbocycles. The fourth-order valence-corrected chi connectivity index (χ4v) is 3.89. The number of benzene rings is 2. The van der Waals surface area contributed by atoms with E-state index in [0.29, 0.717) is 17.5 Å². The number of amides is 3. The minimum atomic E-state index is -0.965. The summed E-state index contributed by atoms with van der Waals surface area (Å²) >= 11 is 0. The SMILES string of the molecule is N#Cc1ccccc1CN1C(=O)N[C@]2(CCCc3ccccc32)C1=O. The lowest BCUT2D eigenvalue weighted by Gasteiger charge is -2.33. The van der Waals surface area contributed by atoms with Gasteiger partial charge < -0.3 is 5.32 Å². The predicted molar refractivity (Wildman–Crippen MR) is 91.3 cm³/mol. The first-order chi connectivity index (χ1) is 12.2. The summed E-state index contributed by atoms with van der Waals surface area (Å²) in [5.74, 6) is -0.225. The van der Waals surface area contributed by atoms with Gasteiger partial charge in [0.2, 0.25) is 0 Å². The highest BCUT2D eigenvalue weighted by molar-refractivity contribution is 6.07. The van der Waals surface area contributed by atoms with Crippen molar-refractivity contribution in [1.29, 1.82) is 5.26 Å². The van der Waals surface area contributed by atoms with Crippen LogP contribution in [0.1, 0.15) is 35.1 Å². The quantitative estimate of drug-likeness (QED) is 0.860. The van der Waals surface area contributed by atoms with E-state index in [1.807, 2.05) is 24.3 Å². The molecule has 1 saturated heterocycles. The first-order valence-electron chi connectivity index (χ1n) is 8.36. The second-order valence-electron chi connectivity index (χ2n) is 6.51. The molecule has 1 N–H and O–H groups in total. The maximum absolute atomic E-state index is 13.2. The molecule has 1 aliphatic heterocycles. The summed E-state index contributed by atoms with van der Waals surface area (Å²) in [4.78, 5) is 27.0. The van der Waals surface area contributed by atoms with Crippen molar-refractivity contribution in [2.75, 3.05) is 0 Å². The Hall–Kier alpha value is -3.13. The Bertz CT molecular complexity index is 915. The number of imide groups is 1. The van der Waals surface area contributed by atoms with Crippen molar-refractivity contribution in [3.05, 3.63) is 70.8 Å². The second kappa shape index (κ2) is 5.75. The largest absolute Gasteiger partial charge is 0.325 e. The van der Waals surface area contributed by atoms with E-state index >= 15 is 0 Å². The molecule has 0 aromatic heterocycles. The van der Waals surface area contributed by atoms with Gasteiger partial charge in [-0.15, -0.1) is 0 Å². The molecule has 5 heteroatoms. The van der Waals surface area contributed by atoms with Gasteiger partial charge in [0.25, 0.3) is 5.91 Å². The third kappa shape index (κ3) is 2.30. The van der Waals surface area contributed by atoms with Gasteiger partial charge in [0.15, 0.2) is 0 Å². The van der Waals surface area contributed by atoms with Crippen molar-refractivity contribution < 1.29 is 9.59 Å². The number of aryl methyl sites for hydroxylation is 1. The molecule has 0 saturated carbocycles. The van der Waals surface area contributed by atoms with E-state index in [-0.39, 0.29) is 12.5 Å². The first kappa shape index (κ1) is 15.4. The van der Waals surface area contributed by atoms with Gasteiger partial charge in [0.1, 0.15) is 5.54 Å². The van der Waals surface area contributed by atoms with Crippen LogP contribution in [0.5, 0.6) is 0 Å². The van der Waals surface area contributed by atoms with Crippen LogP contribution in [0.3, 0.4) is 0 Å². The van der Waals surface area contributed by atoms with Crippen molar-refractivity contribution in [2.45, 2.75) is 31.3 Å². The lowest BCUT2D eigenvalue weighted by atomic mass is 9.76. The van der Waals surface area contributed by atoms with Gasteiger partial charge >= 0.3 is 6.03 Å².